The summed E-state index contributed by atoms with van der Waals surface area (Å²) in [6.45, 7) is 1.11. The molecule has 7 heteroatoms. The number of nitrogens with zero attached hydrogens (tertiary/aromatic N) is 3. The number of aliphatic hydroxyl groups is 1. The second-order valence-corrected chi connectivity index (χ2v) is 4.25. The highest BCUT2D eigenvalue weighted by atomic mass is 16.4. The lowest BCUT2D eigenvalue weighted by Crippen LogP contribution is -2.06. The lowest BCUT2D eigenvalue weighted by molar-refractivity contribution is 0.0698. The largest absolute Gasteiger partial charge is 0.478 e. The van der Waals surface area contributed by atoms with Gasteiger partial charge in [0.05, 0.1) is 18.3 Å². The first-order valence-electron chi connectivity index (χ1n) is 6.27. The molecule has 2 aromatic rings. The number of para-hydroxylation sites is 1. The molecular weight excluding hydrogens is 260 g/mol. The molecule has 106 valence electrons. The lowest BCUT2D eigenvalue weighted by Gasteiger charge is -2.07. The topological polar surface area (TPSA) is 100 Å². The molecule has 1 aromatic heterocycles. The van der Waals surface area contributed by atoms with Crippen molar-refractivity contribution in [2.24, 2.45) is 0 Å². The van der Waals surface area contributed by atoms with E-state index < -0.39 is 5.97 Å². The van der Waals surface area contributed by atoms with E-state index >= 15 is 0 Å². The molecule has 2 rings (SSSR count). The molecule has 0 spiro atoms. The summed E-state index contributed by atoms with van der Waals surface area (Å²) < 4.78 is 1.65. The number of hydrogen-bond donors (Lipinski definition) is 3. The monoisotopic (exact) mass is 276 g/mol. The van der Waals surface area contributed by atoms with Gasteiger partial charge in [0.25, 0.3) is 0 Å². The minimum absolute atomic E-state index is 0.111. The lowest BCUT2D eigenvalue weighted by atomic mass is 10.2. The standard InChI is InChI=1S/C13H16N4O3/c18-7-3-6-17-9-10(15-16-17)8-14-12-5-2-1-4-11(12)13(19)20/h1-2,4-5,9,14,18H,3,6-8H2,(H,19,20). The molecular formula is C13H16N4O3. The average molecular weight is 276 g/mol. The smallest absolute Gasteiger partial charge is 0.337 e. The zero-order valence-corrected chi connectivity index (χ0v) is 10.9. The number of hydrogen-bond acceptors (Lipinski definition) is 5. The number of carbonyl (C=O) groups is 1. The number of carboxylic acids is 1. The van der Waals surface area contributed by atoms with Gasteiger partial charge in [0.1, 0.15) is 5.69 Å². The first kappa shape index (κ1) is 14.0. The molecule has 1 aromatic carbocycles. The molecule has 0 unspecified atom stereocenters. The number of benzene rings is 1. The van der Waals surface area contributed by atoms with Gasteiger partial charge in [0.2, 0.25) is 0 Å². The second-order valence-electron chi connectivity index (χ2n) is 4.25. The number of aryl methyl sites for hydroxylation is 1. The Balaban J connectivity index is 1.98. The van der Waals surface area contributed by atoms with Crippen LogP contribution < -0.4 is 5.32 Å². The number of aliphatic hydroxyl groups excluding tert-OH is 1. The van der Waals surface area contributed by atoms with Crippen LogP contribution in [0.4, 0.5) is 5.69 Å². The maximum atomic E-state index is 11.1. The third-order valence-electron chi connectivity index (χ3n) is 2.75. The molecule has 0 aliphatic rings. The SMILES string of the molecule is O=C(O)c1ccccc1NCc1cn(CCCO)nn1. The molecule has 0 aliphatic carbocycles. The zero-order chi connectivity index (χ0) is 14.4. The number of carboxylic acid groups (broad SMARTS) is 1. The summed E-state index contributed by atoms with van der Waals surface area (Å²) >= 11 is 0. The van der Waals surface area contributed by atoms with Crippen LogP contribution in [0.15, 0.2) is 30.5 Å². The summed E-state index contributed by atoms with van der Waals surface area (Å²) in [6.07, 6.45) is 2.39. The van der Waals surface area contributed by atoms with Gasteiger partial charge in [0.15, 0.2) is 0 Å². The Morgan fingerprint density at radius 2 is 2.15 bits per heavy atom. The molecule has 0 fully saturated rings. The van der Waals surface area contributed by atoms with Crippen LogP contribution in [-0.4, -0.2) is 37.8 Å². The molecule has 20 heavy (non-hydrogen) atoms. The maximum absolute atomic E-state index is 11.1. The normalized spacial score (nSPS) is 10.4. The van der Waals surface area contributed by atoms with Gasteiger partial charge >= 0.3 is 5.97 Å². The van der Waals surface area contributed by atoms with Crippen LogP contribution in [0.1, 0.15) is 22.5 Å². The van der Waals surface area contributed by atoms with Crippen molar-refractivity contribution in [3.05, 3.63) is 41.7 Å². The third kappa shape index (κ3) is 3.55. The fourth-order valence-corrected chi connectivity index (χ4v) is 1.77. The third-order valence-corrected chi connectivity index (χ3v) is 2.75. The van der Waals surface area contributed by atoms with Crippen molar-refractivity contribution in [1.29, 1.82) is 0 Å². The van der Waals surface area contributed by atoms with Crippen LogP contribution in [-0.2, 0) is 13.1 Å². The van der Waals surface area contributed by atoms with E-state index in [1.54, 1.807) is 35.1 Å². The van der Waals surface area contributed by atoms with Crippen molar-refractivity contribution in [2.45, 2.75) is 19.5 Å². The fraction of sp³-hybridized carbons (Fsp3) is 0.308. The highest BCUT2D eigenvalue weighted by Gasteiger charge is 2.09. The quantitative estimate of drug-likeness (QED) is 0.696. The van der Waals surface area contributed by atoms with Crippen molar-refractivity contribution in [3.63, 3.8) is 0 Å². The molecule has 0 aliphatic heterocycles. The van der Waals surface area contributed by atoms with Crippen LogP contribution in [0, 0.1) is 0 Å². The van der Waals surface area contributed by atoms with E-state index in [1.807, 2.05) is 0 Å². The van der Waals surface area contributed by atoms with Gasteiger partial charge in [0, 0.05) is 18.8 Å². The summed E-state index contributed by atoms with van der Waals surface area (Å²) in [5.41, 5.74) is 1.48. The first-order valence-corrected chi connectivity index (χ1v) is 6.27. The van der Waals surface area contributed by atoms with Gasteiger partial charge in [-0.1, -0.05) is 17.3 Å². The Labute approximate surface area is 115 Å². The molecule has 7 nitrogen and oxygen atoms in total. The fourth-order valence-electron chi connectivity index (χ4n) is 1.77. The molecule has 0 saturated carbocycles. The zero-order valence-electron chi connectivity index (χ0n) is 10.9. The van der Waals surface area contributed by atoms with Gasteiger partial charge in [-0.3, -0.25) is 4.68 Å². The van der Waals surface area contributed by atoms with Crippen molar-refractivity contribution in [1.82, 2.24) is 15.0 Å². The number of aromatic carboxylic acids is 1. The van der Waals surface area contributed by atoms with E-state index in [1.165, 1.54) is 0 Å². The summed E-state index contributed by atoms with van der Waals surface area (Å²) in [7, 11) is 0. The van der Waals surface area contributed by atoms with Crippen LogP contribution >= 0.6 is 0 Å². The number of aromatic nitrogens is 3. The van der Waals surface area contributed by atoms with Crippen molar-refractivity contribution in [3.8, 4) is 0 Å². The number of nitrogens with one attached hydrogen (secondary N) is 1. The van der Waals surface area contributed by atoms with E-state index in [0.29, 0.717) is 30.9 Å². The van der Waals surface area contributed by atoms with Crippen molar-refractivity contribution < 1.29 is 15.0 Å². The summed E-state index contributed by atoms with van der Waals surface area (Å²) in [5, 5.41) is 28.7. The Hall–Kier alpha value is -2.41. The first-order chi connectivity index (χ1) is 9.70. The van der Waals surface area contributed by atoms with Crippen LogP contribution in [0.2, 0.25) is 0 Å². The Kier molecular flexibility index (Phi) is 4.67. The molecule has 0 radical (unpaired) electrons. The Morgan fingerprint density at radius 3 is 2.90 bits per heavy atom. The predicted octanol–water partition coefficient (Wildman–Crippen LogP) is 0.971. The molecule has 3 N–H and O–H groups in total. The Morgan fingerprint density at radius 1 is 1.35 bits per heavy atom. The van der Waals surface area contributed by atoms with Crippen molar-refractivity contribution in [2.75, 3.05) is 11.9 Å². The van der Waals surface area contributed by atoms with E-state index in [2.05, 4.69) is 15.6 Å². The van der Waals surface area contributed by atoms with Gasteiger partial charge < -0.3 is 15.5 Å². The molecule has 0 bridgehead atoms. The van der Waals surface area contributed by atoms with E-state index in [0.717, 1.165) is 0 Å². The minimum atomic E-state index is -0.972. The van der Waals surface area contributed by atoms with Crippen LogP contribution in [0.5, 0.6) is 0 Å². The molecule has 0 amide bonds. The Bertz CT molecular complexity index is 583. The van der Waals surface area contributed by atoms with Crippen LogP contribution in [0.25, 0.3) is 0 Å². The predicted molar refractivity (Wildman–Crippen MR) is 72.5 cm³/mol. The minimum Gasteiger partial charge on any atom is -0.478 e. The summed E-state index contributed by atoms with van der Waals surface area (Å²) in [4.78, 5) is 11.1. The van der Waals surface area contributed by atoms with E-state index in [9.17, 15) is 4.79 Å². The summed E-state index contributed by atoms with van der Waals surface area (Å²) in [6, 6.07) is 6.70. The van der Waals surface area contributed by atoms with Gasteiger partial charge in [-0.25, -0.2) is 4.79 Å². The molecule has 0 saturated heterocycles. The highest BCUT2D eigenvalue weighted by Crippen LogP contribution is 2.15. The van der Waals surface area contributed by atoms with Gasteiger partial charge in [-0.15, -0.1) is 5.10 Å². The highest BCUT2D eigenvalue weighted by molar-refractivity contribution is 5.94. The summed E-state index contributed by atoms with van der Waals surface area (Å²) in [5.74, 6) is -0.972. The van der Waals surface area contributed by atoms with E-state index in [-0.39, 0.29) is 12.2 Å². The average Bonchev–Trinajstić information content (AvgIpc) is 2.91. The molecule has 1 heterocycles. The number of anilines is 1. The van der Waals surface area contributed by atoms with Crippen LogP contribution in [0.3, 0.4) is 0 Å². The molecule has 0 atom stereocenters. The second kappa shape index (κ2) is 6.67. The van der Waals surface area contributed by atoms with Crippen molar-refractivity contribution >= 4 is 11.7 Å². The maximum Gasteiger partial charge on any atom is 0.337 e. The number of rotatable bonds is 7. The van der Waals surface area contributed by atoms with Gasteiger partial charge in [-0.05, 0) is 18.6 Å². The van der Waals surface area contributed by atoms with E-state index in [4.69, 9.17) is 10.2 Å². The van der Waals surface area contributed by atoms with Gasteiger partial charge in [-0.2, -0.15) is 0 Å².